The predicted octanol–water partition coefficient (Wildman–Crippen LogP) is 3.41. The normalized spacial score (nSPS) is 43.1. The molecule has 9 unspecified atom stereocenters. The molecule has 2 saturated carbocycles. The summed E-state index contributed by atoms with van der Waals surface area (Å²) in [7, 11) is 0. The summed E-state index contributed by atoms with van der Waals surface area (Å²) in [4.78, 5) is 50.0. The molecule has 9 atom stereocenters. The van der Waals surface area contributed by atoms with Gasteiger partial charge in [-0.2, -0.15) is 0 Å². The van der Waals surface area contributed by atoms with Crippen LogP contribution in [0.3, 0.4) is 0 Å². The van der Waals surface area contributed by atoms with Crippen molar-refractivity contribution in [1.82, 2.24) is 0 Å². The number of hydrogen-bond donors (Lipinski definition) is 0. The van der Waals surface area contributed by atoms with Crippen molar-refractivity contribution in [2.24, 2.45) is 40.4 Å². The number of carbonyl (C=O) groups is 4. The van der Waals surface area contributed by atoms with Gasteiger partial charge in [-0.05, 0) is 49.2 Å². The molecule has 0 aliphatic heterocycles. The van der Waals surface area contributed by atoms with Gasteiger partial charge in [0, 0.05) is 32.1 Å². The molecule has 7 heteroatoms. The van der Waals surface area contributed by atoms with Crippen molar-refractivity contribution in [3.05, 3.63) is 23.3 Å². The second-order valence-corrected chi connectivity index (χ2v) is 10.8. The smallest absolute Gasteiger partial charge is 0.303 e. The van der Waals surface area contributed by atoms with E-state index in [0.29, 0.717) is 0 Å². The zero-order valence-corrected chi connectivity index (χ0v) is 20.5. The Labute approximate surface area is 194 Å². The Balaban J connectivity index is 1.84. The summed E-state index contributed by atoms with van der Waals surface area (Å²) in [5.41, 5.74) is 0.436. The summed E-state index contributed by atoms with van der Waals surface area (Å²) in [6, 6.07) is 0. The number of Topliss-reactive ketones (excluding diaryl/α,β-unsaturated/α-hetero) is 1. The molecule has 4 aliphatic carbocycles. The Hall–Kier alpha value is -2.44. The minimum Gasteiger partial charge on any atom is -0.465 e. The summed E-state index contributed by atoms with van der Waals surface area (Å²) < 4.78 is 17.0. The van der Waals surface area contributed by atoms with E-state index in [2.05, 4.69) is 13.8 Å². The zero-order chi connectivity index (χ0) is 24.5. The number of hydrogen-bond acceptors (Lipinski definition) is 7. The maximum Gasteiger partial charge on any atom is 0.303 e. The zero-order valence-electron chi connectivity index (χ0n) is 20.5. The van der Waals surface area contributed by atoms with Gasteiger partial charge < -0.3 is 14.2 Å². The molecule has 180 valence electrons. The van der Waals surface area contributed by atoms with Crippen LogP contribution in [0, 0.1) is 40.4 Å². The first-order valence-corrected chi connectivity index (χ1v) is 11.7. The number of carbonyl (C=O) groups excluding carboxylic acids is 4. The second-order valence-electron chi connectivity index (χ2n) is 10.8. The van der Waals surface area contributed by atoms with Crippen LogP contribution in [0.2, 0.25) is 0 Å². The SMILES string of the molecule is CC(=O)OCC1(C)C2CC(C)C34C=C(C)C(OC(C)=O)C3C(OC(C)=O)C(C)=CC(C4=O)C21. The van der Waals surface area contributed by atoms with Gasteiger partial charge in [0.15, 0.2) is 5.78 Å². The minimum absolute atomic E-state index is 0.0411. The monoisotopic (exact) mass is 458 g/mol. The molecule has 1 spiro atoms. The van der Waals surface area contributed by atoms with Crippen molar-refractivity contribution in [3.8, 4) is 0 Å². The van der Waals surface area contributed by atoms with Crippen LogP contribution in [0.4, 0.5) is 0 Å². The Morgan fingerprint density at radius 2 is 1.55 bits per heavy atom. The summed E-state index contributed by atoms with van der Waals surface area (Å²) in [5, 5.41) is 0. The molecule has 0 amide bonds. The van der Waals surface area contributed by atoms with Crippen molar-refractivity contribution in [2.45, 2.75) is 67.1 Å². The van der Waals surface area contributed by atoms with Gasteiger partial charge in [0.05, 0.1) is 17.9 Å². The molecule has 33 heavy (non-hydrogen) atoms. The van der Waals surface area contributed by atoms with Gasteiger partial charge in [0.2, 0.25) is 0 Å². The standard InChI is InChI=1S/C26H34O7/c1-12-8-18-20-19(25(20,7)11-31-15(4)27)9-14(3)26(24(18)30)10-13(2)23(33-17(6)29)21(26)22(12)32-16(5)28/h8,10,14,18-23H,9,11H2,1-7H3. The molecule has 0 aromatic heterocycles. The van der Waals surface area contributed by atoms with Crippen LogP contribution >= 0.6 is 0 Å². The predicted molar refractivity (Wildman–Crippen MR) is 119 cm³/mol. The van der Waals surface area contributed by atoms with Gasteiger partial charge in [-0.3, -0.25) is 19.2 Å². The third-order valence-electron chi connectivity index (χ3n) is 8.65. The van der Waals surface area contributed by atoms with Crippen molar-refractivity contribution in [1.29, 1.82) is 0 Å². The van der Waals surface area contributed by atoms with Gasteiger partial charge in [-0.25, -0.2) is 0 Å². The summed E-state index contributed by atoms with van der Waals surface area (Å²) >= 11 is 0. The lowest BCUT2D eigenvalue weighted by molar-refractivity contribution is -0.163. The van der Waals surface area contributed by atoms with E-state index in [1.165, 1.54) is 20.8 Å². The van der Waals surface area contributed by atoms with E-state index in [9.17, 15) is 19.2 Å². The molecule has 0 aromatic rings. The number of allylic oxidation sites excluding steroid dienone is 2. The number of fused-ring (bicyclic) bond motifs is 3. The lowest BCUT2D eigenvalue weighted by Gasteiger charge is -2.43. The van der Waals surface area contributed by atoms with Crippen molar-refractivity contribution >= 4 is 23.7 Å². The van der Waals surface area contributed by atoms with E-state index in [0.717, 1.165) is 17.6 Å². The summed E-state index contributed by atoms with van der Waals surface area (Å²) in [6.07, 6.45) is 3.41. The summed E-state index contributed by atoms with van der Waals surface area (Å²) in [5.74, 6) is -1.80. The van der Waals surface area contributed by atoms with Gasteiger partial charge in [-0.15, -0.1) is 0 Å². The first-order valence-electron chi connectivity index (χ1n) is 11.7. The maximum atomic E-state index is 14.4. The molecular formula is C26H34O7. The largest absolute Gasteiger partial charge is 0.465 e. The van der Waals surface area contributed by atoms with Crippen LogP contribution in [-0.4, -0.2) is 42.5 Å². The van der Waals surface area contributed by atoms with Crippen LogP contribution in [0.5, 0.6) is 0 Å². The molecule has 4 aliphatic rings. The van der Waals surface area contributed by atoms with Gasteiger partial charge in [-0.1, -0.05) is 26.0 Å². The number of ketones is 1. The van der Waals surface area contributed by atoms with Crippen molar-refractivity contribution < 1.29 is 33.4 Å². The fourth-order valence-electron chi connectivity index (χ4n) is 7.24. The second kappa shape index (κ2) is 7.81. The molecule has 0 N–H and O–H groups in total. The Morgan fingerprint density at radius 3 is 2.09 bits per heavy atom. The maximum absolute atomic E-state index is 14.4. The molecule has 2 fully saturated rings. The first kappa shape index (κ1) is 23.7. The van der Waals surface area contributed by atoms with Gasteiger partial charge in [0.1, 0.15) is 12.2 Å². The Bertz CT molecular complexity index is 977. The molecule has 0 radical (unpaired) electrons. The highest BCUT2D eigenvalue weighted by molar-refractivity contribution is 5.94. The molecule has 0 saturated heterocycles. The lowest BCUT2D eigenvalue weighted by Crippen LogP contribution is -2.51. The third kappa shape index (κ3) is 3.46. The van der Waals surface area contributed by atoms with Crippen molar-refractivity contribution in [3.63, 3.8) is 0 Å². The molecule has 0 aromatic carbocycles. The van der Waals surface area contributed by atoms with Crippen LogP contribution in [0.15, 0.2) is 23.3 Å². The fourth-order valence-corrected chi connectivity index (χ4v) is 7.24. The average Bonchev–Trinajstić information content (AvgIpc) is 3.20. The quantitative estimate of drug-likeness (QED) is 0.362. The fraction of sp³-hybridized carbons (Fsp3) is 0.692. The highest BCUT2D eigenvalue weighted by Crippen LogP contribution is 2.71. The number of ether oxygens (including phenoxy) is 3. The van der Waals surface area contributed by atoms with E-state index in [-0.39, 0.29) is 47.4 Å². The number of rotatable bonds is 4. The number of esters is 3. The molecular weight excluding hydrogens is 424 g/mol. The highest BCUT2D eigenvalue weighted by Gasteiger charge is 2.73. The first-order chi connectivity index (χ1) is 15.3. The van der Waals surface area contributed by atoms with Crippen LogP contribution in [0.1, 0.15) is 54.9 Å². The van der Waals surface area contributed by atoms with Crippen LogP contribution in [-0.2, 0) is 33.4 Å². The van der Waals surface area contributed by atoms with E-state index in [1.807, 2.05) is 26.0 Å². The molecule has 7 nitrogen and oxygen atoms in total. The lowest BCUT2D eigenvalue weighted by atomic mass is 9.61. The van der Waals surface area contributed by atoms with E-state index in [1.54, 1.807) is 0 Å². The van der Waals surface area contributed by atoms with Crippen LogP contribution < -0.4 is 0 Å². The van der Waals surface area contributed by atoms with Gasteiger partial charge >= 0.3 is 17.9 Å². The molecule has 4 rings (SSSR count). The Kier molecular flexibility index (Phi) is 5.61. The van der Waals surface area contributed by atoms with Crippen molar-refractivity contribution in [2.75, 3.05) is 6.61 Å². The minimum atomic E-state index is -0.904. The topological polar surface area (TPSA) is 96.0 Å². The van der Waals surface area contributed by atoms with Crippen LogP contribution in [0.25, 0.3) is 0 Å². The average molecular weight is 459 g/mol. The van der Waals surface area contributed by atoms with E-state index < -0.39 is 35.5 Å². The molecule has 2 bridgehead atoms. The third-order valence-corrected chi connectivity index (χ3v) is 8.65. The molecule has 0 heterocycles. The van der Waals surface area contributed by atoms with Gasteiger partial charge in [0.25, 0.3) is 0 Å². The summed E-state index contributed by atoms with van der Waals surface area (Å²) in [6.45, 7) is 12.3. The van der Waals surface area contributed by atoms with E-state index >= 15 is 0 Å². The Morgan fingerprint density at radius 1 is 0.970 bits per heavy atom. The van der Waals surface area contributed by atoms with E-state index in [4.69, 9.17) is 14.2 Å². The highest BCUT2D eigenvalue weighted by atomic mass is 16.6.